The summed E-state index contributed by atoms with van der Waals surface area (Å²) >= 11 is 0. The second kappa shape index (κ2) is 5.68. The zero-order valence-corrected chi connectivity index (χ0v) is 13.0. The Balaban J connectivity index is 1.57. The summed E-state index contributed by atoms with van der Waals surface area (Å²) in [5.41, 5.74) is 3.44. The first-order chi connectivity index (χ1) is 10.1. The topological polar surface area (TPSA) is 44.4 Å². The Morgan fingerprint density at radius 2 is 1.76 bits per heavy atom. The highest BCUT2D eigenvalue weighted by atomic mass is 16.2. The molecule has 0 radical (unpaired) electrons. The third-order valence-corrected chi connectivity index (χ3v) is 4.87. The van der Waals surface area contributed by atoms with Gasteiger partial charge in [0.25, 0.3) is 0 Å². The second-order valence-corrected chi connectivity index (χ2v) is 6.60. The van der Waals surface area contributed by atoms with Gasteiger partial charge >= 0.3 is 6.03 Å². The first-order valence-electron chi connectivity index (χ1n) is 7.96. The summed E-state index contributed by atoms with van der Waals surface area (Å²) in [6.45, 7) is 7.25. The van der Waals surface area contributed by atoms with E-state index in [4.69, 9.17) is 0 Å². The van der Waals surface area contributed by atoms with E-state index in [1.165, 1.54) is 49.9 Å². The molecule has 2 amide bonds. The fraction of sp³-hybridized carbons (Fsp3) is 0.588. The Bertz CT molecular complexity index is 511. The third-order valence-electron chi connectivity index (χ3n) is 4.87. The van der Waals surface area contributed by atoms with Gasteiger partial charge in [0.05, 0.1) is 0 Å². The summed E-state index contributed by atoms with van der Waals surface area (Å²) in [5, 5.41) is 6.04. The number of urea groups is 1. The first-order valence-corrected chi connectivity index (χ1v) is 7.96. The molecule has 2 saturated heterocycles. The molecule has 2 aliphatic rings. The summed E-state index contributed by atoms with van der Waals surface area (Å²) in [6, 6.07) is 6.02. The van der Waals surface area contributed by atoms with E-state index in [0.717, 1.165) is 12.2 Å². The van der Waals surface area contributed by atoms with E-state index < -0.39 is 0 Å². The largest absolute Gasteiger partial charge is 0.336 e. The molecule has 4 heteroatoms. The van der Waals surface area contributed by atoms with Gasteiger partial charge in [0, 0.05) is 17.8 Å². The quantitative estimate of drug-likeness (QED) is 0.897. The highest BCUT2D eigenvalue weighted by molar-refractivity contribution is 5.89. The molecule has 0 aromatic heterocycles. The molecule has 21 heavy (non-hydrogen) atoms. The van der Waals surface area contributed by atoms with Gasteiger partial charge in [-0.15, -0.1) is 0 Å². The normalized spacial score (nSPS) is 20.3. The number of hydrogen-bond acceptors (Lipinski definition) is 2. The molecule has 2 fully saturated rings. The number of amides is 2. The van der Waals surface area contributed by atoms with Crippen molar-refractivity contribution < 1.29 is 4.79 Å². The molecular formula is C17H25N3O. The minimum absolute atomic E-state index is 0.0897. The molecule has 0 unspecified atom stereocenters. The van der Waals surface area contributed by atoms with E-state index in [9.17, 15) is 4.79 Å². The van der Waals surface area contributed by atoms with Crippen LogP contribution in [0, 0.1) is 13.8 Å². The maximum atomic E-state index is 12.1. The number of hydrogen-bond donors (Lipinski definition) is 2. The lowest BCUT2D eigenvalue weighted by Gasteiger charge is -2.32. The van der Waals surface area contributed by atoms with Crippen molar-refractivity contribution in [1.29, 1.82) is 0 Å². The lowest BCUT2D eigenvalue weighted by Crippen LogP contribution is -2.49. The predicted octanol–water partition coefficient (Wildman–Crippen LogP) is 3.05. The first kappa shape index (κ1) is 14.4. The number of nitrogens with zero attached hydrogens (tertiary/aromatic N) is 1. The van der Waals surface area contributed by atoms with Crippen LogP contribution in [-0.4, -0.2) is 36.1 Å². The molecule has 114 valence electrons. The van der Waals surface area contributed by atoms with Crippen molar-refractivity contribution in [2.45, 2.75) is 45.1 Å². The fourth-order valence-electron chi connectivity index (χ4n) is 3.98. The Morgan fingerprint density at radius 1 is 1.14 bits per heavy atom. The summed E-state index contributed by atoms with van der Waals surface area (Å²) in [4.78, 5) is 14.7. The lowest BCUT2D eigenvalue weighted by atomic mass is 9.94. The number of anilines is 1. The summed E-state index contributed by atoms with van der Waals surface area (Å²) in [5.74, 6) is 0. The molecule has 3 rings (SSSR count). The van der Waals surface area contributed by atoms with Crippen molar-refractivity contribution in [1.82, 2.24) is 10.2 Å². The van der Waals surface area contributed by atoms with Crippen LogP contribution in [0.4, 0.5) is 10.5 Å². The standard InChI is InChI=1S/C17H25N3O/c1-13-9-14(2)11-15(10-13)19-16(21)18-12-17-5-3-7-20(17)8-4-6-17/h9-11H,3-8,12H2,1-2H3,(H2,18,19,21). The van der Waals surface area contributed by atoms with Crippen molar-refractivity contribution in [3.8, 4) is 0 Å². The molecule has 4 nitrogen and oxygen atoms in total. The predicted molar refractivity (Wildman–Crippen MR) is 85.7 cm³/mol. The Morgan fingerprint density at radius 3 is 2.38 bits per heavy atom. The maximum Gasteiger partial charge on any atom is 0.319 e. The van der Waals surface area contributed by atoms with Gasteiger partial charge in [-0.1, -0.05) is 6.07 Å². The molecule has 1 aromatic rings. The van der Waals surface area contributed by atoms with Crippen molar-refractivity contribution in [3.05, 3.63) is 29.3 Å². The summed E-state index contributed by atoms with van der Waals surface area (Å²) in [7, 11) is 0. The number of benzene rings is 1. The Labute approximate surface area is 126 Å². The molecule has 2 aliphatic heterocycles. The van der Waals surface area contributed by atoms with Crippen LogP contribution >= 0.6 is 0 Å². The second-order valence-electron chi connectivity index (χ2n) is 6.60. The average molecular weight is 287 g/mol. The number of carbonyl (C=O) groups excluding carboxylic acids is 1. The van der Waals surface area contributed by atoms with Gasteiger partial charge in [0.1, 0.15) is 0 Å². The smallest absolute Gasteiger partial charge is 0.319 e. The average Bonchev–Trinajstić information content (AvgIpc) is 2.94. The van der Waals surface area contributed by atoms with E-state index in [-0.39, 0.29) is 11.6 Å². The maximum absolute atomic E-state index is 12.1. The van der Waals surface area contributed by atoms with Crippen LogP contribution in [0.2, 0.25) is 0 Å². The monoisotopic (exact) mass is 287 g/mol. The minimum atomic E-state index is -0.0897. The molecular weight excluding hydrogens is 262 g/mol. The minimum Gasteiger partial charge on any atom is -0.336 e. The molecule has 2 N–H and O–H groups in total. The van der Waals surface area contributed by atoms with Crippen LogP contribution in [0.15, 0.2) is 18.2 Å². The van der Waals surface area contributed by atoms with Crippen LogP contribution in [0.3, 0.4) is 0 Å². The molecule has 0 spiro atoms. The third kappa shape index (κ3) is 3.05. The summed E-state index contributed by atoms with van der Waals surface area (Å²) in [6.07, 6.45) is 4.97. The molecule has 0 aliphatic carbocycles. The number of fused-ring (bicyclic) bond motifs is 1. The number of rotatable bonds is 3. The van der Waals surface area contributed by atoms with Crippen LogP contribution < -0.4 is 10.6 Å². The number of carbonyl (C=O) groups is 1. The van der Waals surface area contributed by atoms with Gasteiger partial charge in [-0.25, -0.2) is 4.79 Å². The molecule has 1 aromatic carbocycles. The van der Waals surface area contributed by atoms with Gasteiger partial charge in [0.15, 0.2) is 0 Å². The van der Waals surface area contributed by atoms with Gasteiger partial charge < -0.3 is 10.6 Å². The van der Waals surface area contributed by atoms with E-state index >= 15 is 0 Å². The molecule has 0 saturated carbocycles. The van der Waals surface area contributed by atoms with Crippen LogP contribution in [-0.2, 0) is 0 Å². The lowest BCUT2D eigenvalue weighted by molar-refractivity contribution is 0.189. The number of nitrogens with one attached hydrogen (secondary N) is 2. The zero-order chi connectivity index (χ0) is 14.9. The number of aryl methyl sites for hydroxylation is 2. The van der Waals surface area contributed by atoms with Crippen LogP contribution in [0.5, 0.6) is 0 Å². The van der Waals surface area contributed by atoms with Gasteiger partial charge in [0.2, 0.25) is 0 Å². The Hall–Kier alpha value is -1.55. The van der Waals surface area contributed by atoms with Gasteiger partial charge in [-0.05, 0) is 75.9 Å². The molecule has 2 heterocycles. The SMILES string of the molecule is Cc1cc(C)cc(NC(=O)NCC23CCCN2CCC3)c1. The van der Waals surface area contributed by atoms with Gasteiger partial charge in [-0.2, -0.15) is 0 Å². The fourth-order valence-corrected chi connectivity index (χ4v) is 3.98. The van der Waals surface area contributed by atoms with E-state index in [1.54, 1.807) is 0 Å². The molecule has 0 atom stereocenters. The van der Waals surface area contributed by atoms with Gasteiger partial charge in [-0.3, -0.25) is 4.90 Å². The van der Waals surface area contributed by atoms with E-state index in [2.05, 4.69) is 21.6 Å². The van der Waals surface area contributed by atoms with Crippen molar-refractivity contribution in [2.24, 2.45) is 0 Å². The Kier molecular flexibility index (Phi) is 3.89. The van der Waals surface area contributed by atoms with Crippen LogP contribution in [0.1, 0.15) is 36.8 Å². The summed E-state index contributed by atoms with van der Waals surface area (Å²) < 4.78 is 0. The van der Waals surface area contributed by atoms with Crippen LogP contribution in [0.25, 0.3) is 0 Å². The molecule has 0 bridgehead atoms. The highest BCUT2D eigenvalue weighted by Gasteiger charge is 2.44. The zero-order valence-electron chi connectivity index (χ0n) is 13.0. The van der Waals surface area contributed by atoms with Crippen molar-refractivity contribution in [3.63, 3.8) is 0 Å². The van der Waals surface area contributed by atoms with E-state index in [0.29, 0.717) is 0 Å². The van der Waals surface area contributed by atoms with Crippen molar-refractivity contribution >= 4 is 11.7 Å². The van der Waals surface area contributed by atoms with E-state index in [1.807, 2.05) is 26.0 Å². The highest BCUT2D eigenvalue weighted by Crippen LogP contribution is 2.38. The van der Waals surface area contributed by atoms with Crippen molar-refractivity contribution in [2.75, 3.05) is 25.0 Å².